The molecule has 1 heterocycles. The number of carbonyl (C=O) groups excluding carboxylic acids is 1. The average molecular weight is 251 g/mol. The SMILES string of the molecule is O=C(c1cn(CCCCCO)nn1)C(F)(F)F. The van der Waals surface area contributed by atoms with Crippen LogP contribution in [0.25, 0.3) is 0 Å². The number of aliphatic hydroxyl groups is 1. The van der Waals surface area contributed by atoms with Gasteiger partial charge in [0, 0.05) is 13.2 Å². The summed E-state index contributed by atoms with van der Waals surface area (Å²) in [7, 11) is 0. The molecule has 0 saturated heterocycles. The first kappa shape index (κ1) is 13.6. The van der Waals surface area contributed by atoms with Crippen LogP contribution in [0.2, 0.25) is 0 Å². The largest absolute Gasteiger partial charge is 0.456 e. The fourth-order valence-corrected chi connectivity index (χ4v) is 1.22. The molecule has 0 bridgehead atoms. The van der Waals surface area contributed by atoms with Gasteiger partial charge in [-0.15, -0.1) is 5.10 Å². The minimum Gasteiger partial charge on any atom is -0.396 e. The summed E-state index contributed by atoms with van der Waals surface area (Å²) in [5.41, 5.74) is -0.695. The van der Waals surface area contributed by atoms with E-state index in [0.29, 0.717) is 19.4 Å². The maximum atomic E-state index is 12.0. The van der Waals surface area contributed by atoms with Crippen LogP contribution in [0.1, 0.15) is 29.8 Å². The zero-order valence-electron chi connectivity index (χ0n) is 8.94. The van der Waals surface area contributed by atoms with E-state index in [2.05, 4.69) is 10.3 Å². The first-order valence-corrected chi connectivity index (χ1v) is 5.07. The Bertz CT molecular complexity index is 376. The van der Waals surface area contributed by atoms with Crippen molar-refractivity contribution in [2.45, 2.75) is 32.0 Å². The van der Waals surface area contributed by atoms with Crippen LogP contribution in [-0.4, -0.2) is 38.7 Å². The molecule has 0 amide bonds. The molecule has 0 spiro atoms. The van der Waals surface area contributed by atoms with Gasteiger partial charge in [-0.2, -0.15) is 13.2 Å². The molecule has 8 heteroatoms. The summed E-state index contributed by atoms with van der Waals surface area (Å²) >= 11 is 0. The maximum Gasteiger partial charge on any atom is 0.456 e. The van der Waals surface area contributed by atoms with E-state index in [1.54, 1.807) is 0 Å². The molecule has 0 radical (unpaired) electrons. The van der Waals surface area contributed by atoms with Crippen LogP contribution >= 0.6 is 0 Å². The molecule has 0 fully saturated rings. The number of ketones is 1. The molecule has 1 aromatic rings. The number of unbranched alkanes of at least 4 members (excludes halogenated alkanes) is 2. The van der Waals surface area contributed by atoms with Crippen LogP contribution in [0, 0.1) is 0 Å². The van der Waals surface area contributed by atoms with Crippen molar-refractivity contribution in [2.75, 3.05) is 6.61 Å². The Labute approximate surface area is 95.2 Å². The van der Waals surface area contributed by atoms with Gasteiger partial charge in [-0.3, -0.25) is 9.48 Å². The highest BCUT2D eigenvalue weighted by atomic mass is 19.4. The molecule has 1 N–H and O–H groups in total. The molecule has 5 nitrogen and oxygen atoms in total. The van der Waals surface area contributed by atoms with E-state index in [0.717, 1.165) is 12.6 Å². The number of nitrogens with zero attached hydrogens (tertiary/aromatic N) is 3. The average Bonchev–Trinajstić information content (AvgIpc) is 2.70. The van der Waals surface area contributed by atoms with Crippen molar-refractivity contribution in [1.82, 2.24) is 15.0 Å². The zero-order chi connectivity index (χ0) is 12.9. The first-order valence-electron chi connectivity index (χ1n) is 5.07. The second kappa shape index (κ2) is 5.76. The minimum atomic E-state index is -4.92. The molecule has 0 atom stereocenters. The Morgan fingerprint density at radius 3 is 2.65 bits per heavy atom. The Hall–Kier alpha value is -1.44. The van der Waals surface area contributed by atoms with Gasteiger partial charge in [-0.1, -0.05) is 5.21 Å². The summed E-state index contributed by atoms with van der Waals surface area (Å²) < 4.78 is 37.3. The molecule has 1 aromatic heterocycles. The zero-order valence-corrected chi connectivity index (χ0v) is 8.94. The molecule has 0 aliphatic heterocycles. The number of halogens is 3. The van der Waals surface area contributed by atoms with Crippen LogP contribution in [0.4, 0.5) is 13.2 Å². The third-order valence-electron chi connectivity index (χ3n) is 2.07. The lowest BCUT2D eigenvalue weighted by Crippen LogP contribution is -2.23. The number of alkyl halides is 3. The summed E-state index contributed by atoms with van der Waals surface area (Å²) in [4.78, 5) is 10.8. The molecule has 0 aliphatic rings. The van der Waals surface area contributed by atoms with Crippen LogP contribution in [0.15, 0.2) is 6.20 Å². The van der Waals surface area contributed by atoms with Crippen molar-refractivity contribution >= 4 is 5.78 Å². The van der Waals surface area contributed by atoms with E-state index in [1.165, 1.54) is 4.68 Å². The maximum absolute atomic E-state index is 12.0. The summed E-state index contributed by atoms with van der Waals surface area (Å²) in [5, 5.41) is 15.1. The Balaban J connectivity index is 2.51. The Morgan fingerprint density at radius 1 is 1.35 bits per heavy atom. The fourth-order valence-electron chi connectivity index (χ4n) is 1.22. The summed E-state index contributed by atoms with van der Waals surface area (Å²) in [6.45, 7) is 0.452. The molecular formula is C9H12F3N3O2. The minimum absolute atomic E-state index is 0.0785. The second-order valence-electron chi connectivity index (χ2n) is 3.48. The number of rotatable bonds is 6. The molecule has 1 rings (SSSR count). The fraction of sp³-hybridized carbons (Fsp3) is 0.667. The van der Waals surface area contributed by atoms with Gasteiger partial charge in [0.2, 0.25) is 0 Å². The molecule has 0 saturated carbocycles. The van der Waals surface area contributed by atoms with Gasteiger partial charge in [-0.25, -0.2) is 0 Å². The van der Waals surface area contributed by atoms with Gasteiger partial charge in [0.25, 0.3) is 5.78 Å². The molecule has 0 unspecified atom stereocenters. The van der Waals surface area contributed by atoms with E-state index in [-0.39, 0.29) is 6.61 Å². The number of carbonyl (C=O) groups is 1. The number of aryl methyl sites for hydroxylation is 1. The Kier molecular flexibility index (Phi) is 4.62. The van der Waals surface area contributed by atoms with Crippen LogP contribution in [-0.2, 0) is 6.54 Å². The number of Topliss-reactive ketones (excluding diaryl/α,β-unsaturated/α-hetero) is 1. The van der Waals surface area contributed by atoms with Gasteiger partial charge in [0.15, 0.2) is 5.69 Å². The summed E-state index contributed by atoms with van der Waals surface area (Å²) in [6, 6.07) is 0. The topological polar surface area (TPSA) is 68.0 Å². The number of hydrogen-bond acceptors (Lipinski definition) is 4. The standard InChI is InChI=1S/C9H12F3N3O2/c10-9(11,12)8(17)7-6-15(14-13-7)4-2-1-3-5-16/h6,16H,1-5H2. The van der Waals surface area contributed by atoms with E-state index < -0.39 is 17.7 Å². The lowest BCUT2D eigenvalue weighted by molar-refractivity contribution is -0.0888. The van der Waals surface area contributed by atoms with Crippen molar-refractivity contribution in [3.8, 4) is 0 Å². The van der Waals surface area contributed by atoms with Gasteiger partial charge in [0.1, 0.15) is 0 Å². The Morgan fingerprint density at radius 2 is 2.06 bits per heavy atom. The highest BCUT2D eigenvalue weighted by molar-refractivity contribution is 5.98. The predicted molar refractivity (Wildman–Crippen MR) is 51.3 cm³/mol. The van der Waals surface area contributed by atoms with Crippen LogP contribution in [0.5, 0.6) is 0 Å². The highest BCUT2D eigenvalue weighted by Gasteiger charge is 2.41. The monoisotopic (exact) mass is 251 g/mol. The lowest BCUT2D eigenvalue weighted by atomic mass is 10.2. The molecule has 0 aliphatic carbocycles. The summed E-state index contributed by atoms with van der Waals surface area (Å²) in [5.74, 6) is -1.99. The number of aliphatic hydroxyl groups excluding tert-OH is 1. The van der Waals surface area contributed by atoms with Crippen molar-refractivity contribution in [3.05, 3.63) is 11.9 Å². The quantitative estimate of drug-likeness (QED) is 0.609. The third kappa shape index (κ3) is 4.14. The molecular weight excluding hydrogens is 239 g/mol. The van der Waals surface area contributed by atoms with Crippen LogP contribution in [0.3, 0.4) is 0 Å². The van der Waals surface area contributed by atoms with E-state index >= 15 is 0 Å². The normalized spacial score (nSPS) is 11.8. The highest BCUT2D eigenvalue weighted by Crippen LogP contribution is 2.19. The van der Waals surface area contributed by atoms with Gasteiger partial charge in [-0.05, 0) is 19.3 Å². The lowest BCUT2D eigenvalue weighted by Gasteiger charge is -2.00. The number of aromatic nitrogens is 3. The first-order chi connectivity index (χ1) is 7.95. The third-order valence-corrected chi connectivity index (χ3v) is 2.07. The smallest absolute Gasteiger partial charge is 0.396 e. The number of hydrogen-bond donors (Lipinski definition) is 1. The van der Waals surface area contributed by atoms with Crippen molar-refractivity contribution in [1.29, 1.82) is 0 Å². The predicted octanol–water partition coefficient (Wildman–Crippen LogP) is 1.19. The second-order valence-corrected chi connectivity index (χ2v) is 3.48. The van der Waals surface area contributed by atoms with Crippen molar-refractivity contribution in [3.63, 3.8) is 0 Å². The van der Waals surface area contributed by atoms with E-state index in [9.17, 15) is 18.0 Å². The summed E-state index contributed by atoms with van der Waals surface area (Å²) in [6.07, 6.45) is -1.92. The molecule has 96 valence electrons. The van der Waals surface area contributed by atoms with Crippen LogP contribution < -0.4 is 0 Å². The molecule has 0 aromatic carbocycles. The van der Waals surface area contributed by atoms with Gasteiger partial charge < -0.3 is 5.11 Å². The van der Waals surface area contributed by atoms with E-state index in [1.807, 2.05) is 0 Å². The molecule has 17 heavy (non-hydrogen) atoms. The van der Waals surface area contributed by atoms with E-state index in [4.69, 9.17) is 5.11 Å². The van der Waals surface area contributed by atoms with Gasteiger partial charge in [0.05, 0.1) is 6.20 Å². The van der Waals surface area contributed by atoms with Crippen molar-refractivity contribution in [2.24, 2.45) is 0 Å². The van der Waals surface area contributed by atoms with Gasteiger partial charge >= 0.3 is 6.18 Å². The van der Waals surface area contributed by atoms with Crippen molar-refractivity contribution < 1.29 is 23.1 Å².